The minimum atomic E-state index is -0.0861. The van der Waals surface area contributed by atoms with Gasteiger partial charge in [-0.15, -0.1) is 0 Å². The van der Waals surface area contributed by atoms with Gasteiger partial charge < -0.3 is 15.2 Å². The Kier molecular flexibility index (Phi) is 4.20. The number of amides is 1. The number of carbonyl (C=O) groups is 1. The van der Waals surface area contributed by atoms with E-state index in [1.165, 1.54) is 0 Å². The van der Waals surface area contributed by atoms with Crippen molar-refractivity contribution >= 4 is 5.91 Å². The smallest absolute Gasteiger partial charge is 0.251 e. The van der Waals surface area contributed by atoms with Gasteiger partial charge in [0, 0.05) is 25.3 Å². The van der Waals surface area contributed by atoms with Crippen LogP contribution in [-0.2, 0) is 4.74 Å². The number of phenols is 1. The Balaban J connectivity index is 1.81. The number of aryl methyl sites for hydroxylation is 1. The average Bonchev–Trinajstić information content (AvgIpc) is 2.85. The van der Waals surface area contributed by atoms with E-state index in [-0.39, 0.29) is 11.7 Å². The third-order valence-corrected chi connectivity index (χ3v) is 3.32. The lowest BCUT2D eigenvalue weighted by molar-refractivity contribution is 0.0950. The molecule has 18 heavy (non-hydrogen) atoms. The van der Waals surface area contributed by atoms with Crippen molar-refractivity contribution in [3.05, 3.63) is 29.3 Å². The van der Waals surface area contributed by atoms with E-state index in [1.54, 1.807) is 25.1 Å². The van der Waals surface area contributed by atoms with Crippen LogP contribution in [0.1, 0.15) is 28.8 Å². The number of carbonyl (C=O) groups excluding carboxylic acids is 1. The fourth-order valence-corrected chi connectivity index (χ4v) is 2.10. The molecule has 1 aliphatic rings. The molecule has 1 aromatic carbocycles. The van der Waals surface area contributed by atoms with Crippen molar-refractivity contribution in [3.63, 3.8) is 0 Å². The van der Waals surface area contributed by atoms with Crippen molar-refractivity contribution in [1.29, 1.82) is 0 Å². The normalized spacial score (nSPS) is 18.8. The highest BCUT2D eigenvalue weighted by atomic mass is 16.5. The summed E-state index contributed by atoms with van der Waals surface area (Å²) in [5, 5.41) is 12.3. The van der Waals surface area contributed by atoms with Crippen LogP contribution in [-0.4, -0.2) is 30.8 Å². The second-order valence-corrected chi connectivity index (χ2v) is 4.78. The van der Waals surface area contributed by atoms with Crippen LogP contribution < -0.4 is 5.32 Å². The molecule has 1 aliphatic heterocycles. The first-order valence-electron chi connectivity index (χ1n) is 6.32. The molecule has 0 spiro atoms. The quantitative estimate of drug-likeness (QED) is 0.856. The molecular weight excluding hydrogens is 230 g/mol. The molecule has 1 heterocycles. The zero-order valence-electron chi connectivity index (χ0n) is 10.6. The van der Waals surface area contributed by atoms with Crippen LogP contribution in [0.3, 0.4) is 0 Å². The molecule has 2 rings (SSSR count). The Bertz CT molecular complexity index is 425. The predicted molar refractivity (Wildman–Crippen MR) is 68.7 cm³/mol. The van der Waals surface area contributed by atoms with E-state index in [4.69, 9.17) is 4.74 Å². The van der Waals surface area contributed by atoms with Gasteiger partial charge in [0.2, 0.25) is 0 Å². The summed E-state index contributed by atoms with van der Waals surface area (Å²) in [6.07, 6.45) is 2.05. The van der Waals surface area contributed by atoms with Crippen LogP contribution in [0.15, 0.2) is 18.2 Å². The third-order valence-electron chi connectivity index (χ3n) is 3.32. The molecule has 1 fully saturated rings. The van der Waals surface area contributed by atoms with Gasteiger partial charge in [-0.25, -0.2) is 0 Å². The van der Waals surface area contributed by atoms with Gasteiger partial charge in [-0.2, -0.15) is 0 Å². The minimum absolute atomic E-state index is 0.0861. The topological polar surface area (TPSA) is 58.6 Å². The average molecular weight is 249 g/mol. The first-order valence-corrected chi connectivity index (χ1v) is 6.32. The van der Waals surface area contributed by atoms with E-state index < -0.39 is 0 Å². The molecule has 0 aromatic heterocycles. The third kappa shape index (κ3) is 3.23. The Morgan fingerprint density at radius 3 is 3.06 bits per heavy atom. The van der Waals surface area contributed by atoms with Gasteiger partial charge in [-0.05, 0) is 49.4 Å². The predicted octanol–water partition coefficient (Wildman–Crippen LogP) is 1.86. The molecule has 0 bridgehead atoms. The van der Waals surface area contributed by atoms with Crippen LogP contribution >= 0.6 is 0 Å². The Morgan fingerprint density at radius 1 is 1.56 bits per heavy atom. The standard InChI is InChI=1S/C14H19NO3/c1-10-8-12(2-3-13(10)16)14(17)15-6-4-11-5-7-18-9-11/h2-3,8,11,16H,4-7,9H2,1H3,(H,15,17). The molecule has 1 aromatic rings. The molecule has 1 amide bonds. The lowest BCUT2D eigenvalue weighted by atomic mass is 10.1. The van der Waals surface area contributed by atoms with Gasteiger partial charge in [0.1, 0.15) is 5.75 Å². The first-order chi connectivity index (χ1) is 8.66. The van der Waals surface area contributed by atoms with Crippen molar-refractivity contribution in [2.45, 2.75) is 19.8 Å². The van der Waals surface area contributed by atoms with Gasteiger partial charge in [0.15, 0.2) is 0 Å². The van der Waals surface area contributed by atoms with E-state index in [0.717, 1.165) is 26.1 Å². The molecule has 4 heteroatoms. The second-order valence-electron chi connectivity index (χ2n) is 4.78. The Hall–Kier alpha value is -1.55. The summed E-state index contributed by atoms with van der Waals surface area (Å²) in [6.45, 7) is 4.11. The Morgan fingerprint density at radius 2 is 2.39 bits per heavy atom. The lowest BCUT2D eigenvalue weighted by Gasteiger charge is -2.09. The fraction of sp³-hybridized carbons (Fsp3) is 0.500. The van der Waals surface area contributed by atoms with E-state index in [0.29, 0.717) is 23.6 Å². The largest absolute Gasteiger partial charge is 0.508 e. The lowest BCUT2D eigenvalue weighted by Crippen LogP contribution is -2.26. The molecule has 4 nitrogen and oxygen atoms in total. The second kappa shape index (κ2) is 5.87. The fourth-order valence-electron chi connectivity index (χ4n) is 2.10. The summed E-state index contributed by atoms with van der Waals surface area (Å²) < 4.78 is 5.29. The SMILES string of the molecule is Cc1cc(C(=O)NCCC2CCOC2)ccc1O. The minimum Gasteiger partial charge on any atom is -0.508 e. The zero-order valence-corrected chi connectivity index (χ0v) is 10.6. The number of nitrogens with one attached hydrogen (secondary N) is 1. The number of ether oxygens (including phenoxy) is 1. The summed E-state index contributed by atoms with van der Waals surface area (Å²) in [4.78, 5) is 11.9. The van der Waals surface area contributed by atoms with Gasteiger partial charge >= 0.3 is 0 Å². The van der Waals surface area contributed by atoms with Crippen molar-refractivity contribution in [1.82, 2.24) is 5.32 Å². The Labute approximate surface area is 107 Å². The number of hydrogen-bond donors (Lipinski definition) is 2. The maximum atomic E-state index is 11.9. The highest BCUT2D eigenvalue weighted by Gasteiger charge is 2.15. The molecule has 0 radical (unpaired) electrons. The highest BCUT2D eigenvalue weighted by Crippen LogP contribution is 2.17. The summed E-state index contributed by atoms with van der Waals surface area (Å²) in [7, 11) is 0. The maximum Gasteiger partial charge on any atom is 0.251 e. The summed E-state index contributed by atoms with van der Waals surface area (Å²) in [6, 6.07) is 4.88. The molecule has 1 saturated heterocycles. The molecular formula is C14H19NO3. The molecule has 98 valence electrons. The van der Waals surface area contributed by atoms with Crippen LogP contribution in [0.4, 0.5) is 0 Å². The van der Waals surface area contributed by atoms with Crippen LogP contribution in [0.25, 0.3) is 0 Å². The van der Waals surface area contributed by atoms with Crippen molar-refractivity contribution < 1.29 is 14.6 Å². The van der Waals surface area contributed by atoms with Crippen LogP contribution in [0.5, 0.6) is 5.75 Å². The van der Waals surface area contributed by atoms with E-state index >= 15 is 0 Å². The highest BCUT2D eigenvalue weighted by molar-refractivity contribution is 5.94. The number of benzene rings is 1. The zero-order chi connectivity index (χ0) is 13.0. The van der Waals surface area contributed by atoms with Crippen molar-refractivity contribution in [2.24, 2.45) is 5.92 Å². The van der Waals surface area contributed by atoms with Crippen LogP contribution in [0, 0.1) is 12.8 Å². The molecule has 2 N–H and O–H groups in total. The molecule has 0 aliphatic carbocycles. The van der Waals surface area contributed by atoms with Gasteiger partial charge in [-0.3, -0.25) is 4.79 Å². The monoisotopic (exact) mass is 249 g/mol. The number of aromatic hydroxyl groups is 1. The van der Waals surface area contributed by atoms with E-state index in [9.17, 15) is 9.90 Å². The van der Waals surface area contributed by atoms with Crippen molar-refractivity contribution in [2.75, 3.05) is 19.8 Å². The molecule has 1 unspecified atom stereocenters. The van der Waals surface area contributed by atoms with Gasteiger partial charge in [0.05, 0.1) is 0 Å². The first kappa shape index (κ1) is 12.9. The van der Waals surface area contributed by atoms with E-state index in [2.05, 4.69) is 5.32 Å². The summed E-state index contributed by atoms with van der Waals surface area (Å²) >= 11 is 0. The maximum absolute atomic E-state index is 11.9. The van der Waals surface area contributed by atoms with Gasteiger partial charge in [0.25, 0.3) is 5.91 Å². The molecule has 0 saturated carbocycles. The summed E-state index contributed by atoms with van der Waals surface area (Å²) in [5.41, 5.74) is 1.31. The molecule has 1 atom stereocenters. The van der Waals surface area contributed by atoms with Gasteiger partial charge in [-0.1, -0.05) is 0 Å². The van der Waals surface area contributed by atoms with E-state index in [1.807, 2.05) is 0 Å². The summed E-state index contributed by atoms with van der Waals surface area (Å²) in [5.74, 6) is 0.707. The number of hydrogen-bond acceptors (Lipinski definition) is 3. The van der Waals surface area contributed by atoms with Crippen molar-refractivity contribution in [3.8, 4) is 5.75 Å². The number of phenolic OH excluding ortho intramolecular Hbond substituents is 1. The number of rotatable bonds is 4. The van der Waals surface area contributed by atoms with Crippen LogP contribution in [0.2, 0.25) is 0 Å².